The van der Waals surface area contributed by atoms with Gasteiger partial charge < -0.3 is 9.42 Å². The van der Waals surface area contributed by atoms with E-state index in [1.165, 1.54) is 5.56 Å². The molecule has 1 amide bonds. The Morgan fingerprint density at radius 1 is 1.03 bits per heavy atom. The third-order valence-electron chi connectivity index (χ3n) is 5.27. The van der Waals surface area contributed by atoms with Crippen LogP contribution in [0.2, 0.25) is 0 Å². The molecule has 0 radical (unpaired) electrons. The largest absolute Gasteiger partial charge is 0.340 e. The maximum atomic E-state index is 12.6. The first kappa shape index (κ1) is 19.3. The Hall–Kier alpha value is -2.99. The van der Waals surface area contributed by atoms with Crippen molar-refractivity contribution in [2.24, 2.45) is 0 Å². The van der Waals surface area contributed by atoms with Gasteiger partial charge in [-0.25, -0.2) is 0 Å². The molecule has 6 nitrogen and oxygen atoms in total. The normalized spacial score (nSPS) is 14.9. The minimum atomic E-state index is 0.152. The van der Waals surface area contributed by atoms with Crippen molar-refractivity contribution in [2.45, 2.75) is 26.3 Å². The highest BCUT2D eigenvalue weighted by Crippen LogP contribution is 2.18. The highest BCUT2D eigenvalue weighted by molar-refractivity contribution is 5.76. The Morgan fingerprint density at radius 2 is 1.83 bits per heavy atom. The first-order valence-corrected chi connectivity index (χ1v) is 10.1. The average molecular weight is 390 g/mol. The van der Waals surface area contributed by atoms with Gasteiger partial charge in [0.15, 0.2) is 0 Å². The fourth-order valence-electron chi connectivity index (χ4n) is 3.63. The van der Waals surface area contributed by atoms with Crippen LogP contribution < -0.4 is 0 Å². The second kappa shape index (κ2) is 9.01. The smallest absolute Gasteiger partial charge is 0.227 e. The molecule has 0 bridgehead atoms. The fourth-order valence-corrected chi connectivity index (χ4v) is 3.63. The van der Waals surface area contributed by atoms with Crippen LogP contribution in [0, 0.1) is 6.92 Å². The van der Waals surface area contributed by atoms with Crippen molar-refractivity contribution >= 4 is 5.91 Å². The van der Waals surface area contributed by atoms with Gasteiger partial charge in [-0.15, -0.1) is 0 Å². The van der Waals surface area contributed by atoms with E-state index in [9.17, 15) is 4.79 Å². The molecule has 1 aliphatic rings. The number of carbonyl (C=O) groups excluding carboxylic acids is 1. The van der Waals surface area contributed by atoms with E-state index in [1.807, 2.05) is 42.2 Å². The van der Waals surface area contributed by atoms with Gasteiger partial charge in [-0.1, -0.05) is 59.3 Å². The Balaban J connectivity index is 1.24. The summed E-state index contributed by atoms with van der Waals surface area (Å²) in [6.45, 7) is 6.31. The van der Waals surface area contributed by atoms with E-state index in [0.29, 0.717) is 24.6 Å². The molecule has 0 saturated carbocycles. The van der Waals surface area contributed by atoms with Crippen molar-refractivity contribution in [3.63, 3.8) is 0 Å². The summed E-state index contributed by atoms with van der Waals surface area (Å²) in [5.41, 5.74) is 3.39. The SMILES string of the molecule is Cc1cccc(-c2noc(CCC(=O)N3CCN(Cc4ccccc4)CC3)n2)c1. The lowest BCUT2D eigenvalue weighted by atomic mass is 10.1. The lowest BCUT2D eigenvalue weighted by Gasteiger charge is -2.34. The number of rotatable bonds is 6. The van der Waals surface area contributed by atoms with Crippen LogP contribution in [0.4, 0.5) is 0 Å². The van der Waals surface area contributed by atoms with Crippen molar-refractivity contribution in [3.8, 4) is 11.4 Å². The molecule has 1 aromatic heterocycles. The highest BCUT2D eigenvalue weighted by atomic mass is 16.5. The maximum Gasteiger partial charge on any atom is 0.227 e. The zero-order valence-electron chi connectivity index (χ0n) is 16.8. The molecule has 0 N–H and O–H groups in total. The van der Waals surface area contributed by atoms with Crippen LogP contribution in [-0.4, -0.2) is 52.0 Å². The summed E-state index contributed by atoms with van der Waals surface area (Å²) in [7, 11) is 0. The molecular weight excluding hydrogens is 364 g/mol. The van der Waals surface area contributed by atoms with Crippen LogP contribution in [0.3, 0.4) is 0 Å². The number of aromatic nitrogens is 2. The van der Waals surface area contributed by atoms with Gasteiger partial charge in [-0.2, -0.15) is 4.98 Å². The molecule has 1 saturated heterocycles. The summed E-state index contributed by atoms with van der Waals surface area (Å²) in [5, 5.41) is 4.05. The van der Waals surface area contributed by atoms with Crippen LogP contribution in [0.5, 0.6) is 0 Å². The second-order valence-electron chi connectivity index (χ2n) is 7.52. The number of hydrogen-bond acceptors (Lipinski definition) is 5. The van der Waals surface area contributed by atoms with Crippen molar-refractivity contribution in [2.75, 3.05) is 26.2 Å². The standard InChI is InChI=1S/C23H26N4O2/c1-18-6-5-9-20(16-18)23-24-21(29-25-23)10-11-22(28)27-14-12-26(13-15-27)17-19-7-3-2-4-8-19/h2-9,16H,10-15,17H2,1H3. The number of piperazine rings is 1. The molecule has 6 heteroatoms. The fraction of sp³-hybridized carbons (Fsp3) is 0.348. The van der Waals surface area contributed by atoms with Gasteiger partial charge in [-0.05, 0) is 18.6 Å². The molecule has 1 aliphatic heterocycles. The zero-order valence-corrected chi connectivity index (χ0v) is 16.8. The molecule has 0 atom stereocenters. The van der Waals surface area contributed by atoms with Gasteiger partial charge in [0.25, 0.3) is 0 Å². The minimum Gasteiger partial charge on any atom is -0.340 e. The van der Waals surface area contributed by atoms with Crippen molar-refractivity contribution in [1.29, 1.82) is 0 Å². The Kier molecular flexibility index (Phi) is 6.00. The van der Waals surface area contributed by atoms with Crippen LogP contribution in [0.15, 0.2) is 59.1 Å². The van der Waals surface area contributed by atoms with E-state index in [-0.39, 0.29) is 5.91 Å². The zero-order chi connectivity index (χ0) is 20.1. The number of amides is 1. The van der Waals surface area contributed by atoms with Gasteiger partial charge in [0, 0.05) is 51.1 Å². The number of aryl methyl sites for hydroxylation is 2. The molecule has 0 unspecified atom stereocenters. The maximum absolute atomic E-state index is 12.6. The third kappa shape index (κ3) is 5.09. The topological polar surface area (TPSA) is 62.5 Å². The van der Waals surface area contributed by atoms with Crippen molar-refractivity contribution in [1.82, 2.24) is 19.9 Å². The number of benzene rings is 2. The van der Waals surface area contributed by atoms with Gasteiger partial charge in [0.1, 0.15) is 0 Å². The highest BCUT2D eigenvalue weighted by Gasteiger charge is 2.21. The van der Waals surface area contributed by atoms with E-state index in [1.54, 1.807) is 0 Å². The summed E-state index contributed by atoms with van der Waals surface area (Å²) < 4.78 is 5.34. The molecular formula is C23H26N4O2. The molecule has 3 aromatic rings. The van der Waals surface area contributed by atoms with Gasteiger partial charge >= 0.3 is 0 Å². The monoisotopic (exact) mass is 390 g/mol. The molecule has 29 heavy (non-hydrogen) atoms. The number of nitrogens with zero attached hydrogens (tertiary/aromatic N) is 4. The van der Waals surface area contributed by atoms with Crippen LogP contribution in [0.25, 0.3) is 11.4 Å². The predicted octanol–water partition coefficient (Wildman–Crippen LogP) is 3.32. The van der Waals surface area contributed by atoms with Gasteiger partial charge in [0.05, 0.1) is 0 Å². The van der Waals surface area contributed by atoms with Gasteiger partial charge in [0.2, 0.25) is 17.6 Å². The summed E-state index contributed by atoms with van der Waals surface area (Å²) in [6.07, 6.45) is 0.871. The summed E-state index contributed by atoms with van der Waals surface area (Å²) >= 11 is 0. The average Bonchev–Trinajstić information content (AvgIpc) is 3.22. The predicted molar refractivity (Wildman–Crippen MR) is 111 cm³/mol. The van der Waals surface area contributed by atoms with E-state index in [4.69, 9.17) is 4.52 Å². The molecule has 0 aliphatic carbocycles. The van der Waals surface area contributed by atoms with E-state index >= 15 is 0 Å². The van der Waals surface area contributed by atoms with Crippen molar-refractivity contribution < 1.29 is 9.32 Å². The lowest BCUT2D eigenvalue weighted by Crippen LogP contribution is -2.48. The minimum absolute atomic E-state index is 0.152. The molecule has 0 spiro atoms. The lowest BCUT2D eigenvalue weighted by molar-refractivity contribution is -0.133. The number of hydrogen-bond donors (Lipinski definition) is 0. The van der Waals surface area contributed by atoms with E-state index in [0.717, 1.165) is 43.9 Å². The molecule has 4 rings (SSSR count). The van der Waals surface area contributed by atoms with Crippen LogP contribution >= 0.6 is 0 Å². The van der Waals surface area contributed by atoms with E-state index < -0.39 is 0 Å². The summed E-state index contributed by atoms with van der Waals surface area (Å²) in [6, 6.07) is 18.4. The molecule has 2 aromatic carbocycles. The molecule has 2 heterocycles. The first-order chi connectivity index (χ1) is 14.2. The quantitative estimate of drug-likeness (QED) is 0.646. The first-order valence-electron chi connectivity index (χ1n) is 10.1. The van der Waals surface area contributed by atoms with E-state index in [2.05, 4.69) is 39.3 Å². The molecule has 1 fully saturated rings. The molecule has 150 valence electrons. The van der Waals surface area contributed by atoms with Crippen LogP contribution in [0.1, 0.15) is 23.4 Å². The summed E-state index contributed by atoms with van der Waals surface area (Å²) in [5.74, 6) is 1.24. The summed E-state index contributed by atoms with van der Waals surface area (Å²) in [4.78, 5) is 21.4. The van der Waals surface area contributed by atoms with Crippen LogP contribution in [-0.2, 0) is 17.8 Å². The van der Waals surface area contributed by atoms with Gasteiger partial charge in [-0.3, -0.25) is 9.69 Å². The van der Waals surface area contributed by atoms with Crippen molar-refractivity contribution in [3.05, 3.63) is 71.6 Å². The Morgan fingerprint density at radius 3 is 2.59 bits per heavy atom. The number of carbonyl (C=O) groups is 1. The Bertz CT molecular complexity index is 946. The third-order valence-corrected chi connectivity index (χ3v) is 5.27. The Labute approximate surface area is 171 Å². The second-order valence-corrected chi connectivity index (χ2v) is 7.52.